The molecule has 0 aliphatic carbocycles. The number of hydrogen-bond donors (Lipinski definition) is 3. The van der Waals surface area contributed by atoms with Gasteiger partial charge in [0.1, 0.15) is 17.5 Å². The standard InChI is InChI=1S/C13H25N5/c1-6-10-16-11(7-12(17-10)18-14)15-8-9(2)13(3,4)5/h7,9H,6,8,14H2,1-5H3,(H2,15,16,17,18). The van der Waals surface area contributed by atoms with Crippen molar-refractivity contribution in [1.82, 2.24) is 9.97 Å². The van der Waals surface area contributed by atoms with E-state index in [1.165, 1.54) is 0 Å². The Kier molecular flexibility index (Phi) is 4.90. The Balaban J connectivity index is 2.72. The van der Waals surface area contributed by atoms with Gasteiger partial charge in [0.05, 0.1) is 0 Å². The summed E-state index contributed by atoms with van der Waals surface area (Å²) in [7, 11) is 0. The van der Waals surface area contributed by atoms with E-state index in [0.717, 1.165) is 24.6 Å². The van der Waals surface area contributed by atoms with Gasteiger partial charge in [-0.05, 0) is 11.3 Å². The third kappa shape index (κ3) is 4.14. The highest BCUT2D eigenvalue weighted by Crippen LogP contribution is 2.25. The fraction of sp³-hybridized carbons (Fsp3) is 0.692. The van der Waals surface area contributed by atoms with E-state index in [9.17, 15) is 0 Å². The molecule has 0 saturated carbocycles. The van der Waals surface area contributed by atoms with Crippen molar-refractivity contribution < 1.29 is 0 Å². The molecule has 0 spiro atoms. The van der Waals surface area contributed by atoms with Crippen molar-refractivity contribution in [3.8, 4) is 0 Å². The SMILES string of the molecule is CCc1nc(NN)cc(NCC(C)C(C)(C)C)n1. The summed E-state index contributed by atoms with van der Waals surface area (Å²) < 4.78 is 0. The summed E-state index contributed by atoms with van der Waals surface area (Å²) in [5.74, 6) is 8.21. The van der Waals surface area contributed by atoms with Gasteiger partial charge in [-0.25, -0.2) is 15.8 Å². The van der Waals surface area contributed by atoms with Gasteiger partial charge in [-0.1, -0.05) is 34.6 Å². The molecule has 4 N–H and O–H groups in total. The van der Waals surface area contributed by atoms with Crippen LogP contribution in [0.3, 0.4) is 0 Å². The van der Waals surface area contributed by atoms with E-state index in [1.54, 1.807) is 0 Å². The Morgan fingerprint density at radius 3 is 2.39 bits per heavy atom. The number of nitrogen functional groups attached to an aromatic ring is 1. The van der Waals surface area contributed by atoms with E-state index in [2.05, 4.69) is 48.4 Å². The maximum atomic E-state index is 5.40. The fourth-order valence-corrected chi connectivity index (χ4v) is 1.38. The summed E-state index contributed by atoms with van der Waals surface area (Å²) >= 11 is 0. The van der Waals surface area contributed by atoms with Gasteiger partial charge in [0.25, 0.3) is 0 Å². The smallest absolute Gasteiger partial charge is 0.145 e. The van der Waals surface area contributed by atoms with Crippen LogP contribution < -0.4 is 16.6 Å². The molecule has 102 valence electrons. The zero-order valence-electron chi connectivity index (χ0n) is 12.0. The first kappa shape index (κ1) is 14.7. The summed E-state index contributed by atoms with van der Waals surface area (Å²) in [6.45, 7) is 11.9. The number of anilines is 2. The average molecular weight is 251 g/mol. The molecule has 0 saturated heterocycles. The monoisotopic (exact) mass is 251 g/mol. The molecule has 5 heteroatoms. The molecule has 0 radical (unpaired) electrons. The fourth-order valence-electron chi connectivity index (χ4n) is 1.38. The van der Waals surface area contributed by atoms with Gasteiger partial charge < -0.3 is 10.7 Å². The highest BCUT2D eigenvalue weighted by Gasteiger charge is 2.19. The van der Waals surface area contributed by atoms with E-state index in [-0.39, 0.29) is 5.41 Å². The van der Waals surface area contributed by atoms with E-state index >= 15 is 0 Å². The first-order valence-electron chi connectivity index (χ1n) is 6.45. The third-order valence-corrected chi connectivity index (χ3v) is 3.30. The zero-order valence-corrected chi connectivity index (χ0v) is 12.0. The summed E-state index contributed by atoms with van der Waals surface area (Å²) in [6.07, 6.45) is 0.791. The van der Waals surface area contributed by atoms with Gasteiger partial charge in [0, 0.05) is 19.0 Å². The molecule has 0 aromatic carbocycles. The first-order valence-corrected chi connectivity index (χ1v) is 6.45. The Hall–Kier alpha value is -1.36. The first-order chi connectivity index (χ1) is 8.36. The van der Waals surface area contributed by atoms with Crippen LogP contribution in [-0.2, 0) is 6.42 Å². The summed E-state index contributed by atoms with van der Waals surface area (Å²) in [5.41, 5.74) is 2.85. The Bertz CT molecular complexity index is 361. The maximum absolute atomic E-state index is 5.40. The number of nitrogens with one attached hydrogen (secondary N) is 2. The quantitative estimate of drug-likeness (QED) is 0.553. The Labute approximate surface area is 110 Å². The second-order valence-electron chi connectivity index (χ2n) is 5.70. The van der Waals surface area contributed by atoms with Crippen LogP contribution in [0.1, 0.15) is 40.4 Å². The van der Waals surface area contributed by atoms with Gasteiger partial charge in [-0.15, -0.1) is 0 Å². The number of nitrogens with two attached hydrogens (primary N) is 1. The number of rotatable bonds is 5. The predicted molar refractivity (Wildman–Crippen MR) is 76.3 cm³/mol. The normalized spacial score (nSPS) is 13.2. The van der Waals surface area contributed by atoms with E-state index in [4.69, 9.17) is 5.84 Å². The number of nitrogens with zero attached hydrogens (tertiary/aromatic N) is 2. The van der Waals surface area contributed by atoms with Gasteiger partial charge in [0.2, 0.25) is 0 Å². The molecule has 18 heavy (non-hydrogen) atoms. The van der Waals surface area contributed by atoms with Crippen LogP contribution in [-0.4, -0.2) is 16.5 Å². The number of aryl methyl sites for hydroxylation is 1. The Morgan fingerprint density at radius 1 is 1.28 bits per heavy atom. The van der Waals surface area contributed by atoms with Gasteiger partial charge >= 0.3 is 0 Å². The van der Waals surface area contributed by atoms with Gasteiger partial charge in [-0.2, -0.15) is 0 Å². The largest absolute Gasteiger partial charge is 0.370 e. The predicted octanol–water partition coefficient (Wildman–Crippen LogP) is 2.42. The lowest BCUT2D eigenvalue weighted by molar-refractivity contribution is 0.274. The van der Waals surface area contributed by atoms with Crippen LogP contribution in [0.5, 0.6) is 0 Å². The van der Waals surface area contributed by atoms with Crippen molar-refractivity contribution in [2.24, 2.45) is 17.2 Å². The molecule has 1 unspecified atom stereocenters. The highest BCUT2D eigenvalue weighted by atomic mass is 15.3. The van der Waals surface area contributed by atoms with Crippen LogP contribution in [0.25, 0.3) is 0 Å². The van der Waals surface area contributed by atoms with Crippen molar-refractivity contribution in [1.29, 1.82) is 0 Å². The molecule has 1 heterocycles. The molecule has 0 amide bonds. The molecular formula is C13H25N5. The molecular weight excluding hydrogens is 226 g/mol. The van der Waals surface area contributed by atoms with Crippen LogP contribution in [0.4, 0.5) is 11.6 Å². The minimum absolute atomic E-state index is 0.280. The molecule has 0 fully saturated rings. The van der Waals surface area contributed by atoms with E-state index < -0.39 is 0 Å². The summed E-state index contributed by atoms with van der Waals surface area (Å²) in [4.78, 5) is 8.70. The second-order valence-corrected chi connectivity index (χ2v) is 5.70. The van der Waals surface area contributed by atoms with Gasteiger partial charge in [-0.3, -0.25) is 0 Å². The van der Waals surface area contributed by atoms with Gasteiger partial charge in [0.15, 0.2) is 0 Å². The molecule has 1 rings (SSSR count). The minimum Gasteiger partial charge on any atom is -0.370 e. The van der Waals surface area contributed by atoms with Crippen LogP contribution in [0.2, 0.25) is 0 Å². The number of hydrogen-bond acceptors (Lipinski definition) is 5. The topological polar surface area (TPSA) is 75.9 Å². The lowest BCUT2D eigenvalue weighted by Gasteiger charge is -2.27. The van der Waals surface area contributed by atoms with E-state index in [1.807, 2.05) is 13.0 Å². The molecule has 1 aromatic rings. The molecule has 0 aliphatic heterocycles. The Morgan fingerprint density at radius 2 is 1.89 bits per heavy atom. The third-order valence-electron chi connectivity index (χ3n) is 3.30. The molecule has 0 aliphatic rings. The van der Waals surface area contributed by atoms with Crippen LogP contribution >= 0.6 is 0 Å². The maximum Gasteiger partial charge on any atom is 0.145 e. The molecule has 0 bridgehead atoms. The molecule has 1 atom stereocenters. The van der Waals surface area contributed by atoms with E-state index in [0.29, 0.717) is 11.7 Å². The van der Waals surface area contributed by atoms with Crippen molar-refractivity contribution in [2.45, 2.75) is 41.0 Å². The zero-order chi connectivity index (χ0) is 13.8. The number of hydrazine groups is 1. The van der Waals surface area contributed by atoms with Crippen LogP contribution in [0.15, 0.2) is 6.07 Å². The average Bonchev–Trinajstić information content (AvgIpc) is 2.34. The van der Waals surface area contributed by atoms with Crippen molar-refractivity contribution >= 4 is 11.6 Å². The van der Waals surface area contributed by atoms with Crippen LogP contribution in [0, 0.1) is 11.3 Å². The van der Waals surface area contributed by atoms with Crippen molar-refractivity contribution in [2.75, 3.05) is 17.3 Å². The lowest BCUT2D eigenvalue weighted by Crippen LogP contribution is -2.25. The highest BCUT2D eigenvalue weighted by molar-refractivity contribution is 5.46. The summed E-state index contributed by atoms with van der Waals surface area (Å²) in [5, 5.41) is 3.35. The van der Waals surface area contributed by atoms with Crippen molar-refractivity contribution in [3.63, 3.8) is 0 Å². The molecule has 5 nitrogen and oxygen atoms in total. The molecule has 1 aromatic heterocycles. The second kappa shape index (κ2) is 6.00. The lowest BCUT2D eigenvalue weighted by atomic mass is 9.82. The summed E-state index contributed by atoms with van der Waals surface area (Å²) in [6, 6.07) is 1.83. The van der Waals surface area contributed by atoms with Crippen molar-refractivity contribution in [3.05, 3.63) is 11.9 Å². The minimum atomic E-state index is 0.280. The number of aromatic nitrogens is 2.